The SMILES string of the molecule is Cc1cc(C)cc(N(c2ccc(N(c3ccc(N(c4cc(C)cc(C)c4)c4cc(C)cc(C(F)(F)F)c4)cc3)c3ccc(N(c4cc(C)cc(C(F)(F)F)c4)c4cc(C)cc(C(F)(F)F)c4)cc3)cc2)c2cc(C)cc(C(F)(F)F)c2)c1. The van der Waals surface area contributed by atoms with Crippen molar-refractivity contribution >= 4 is 68.2 Å². The van der Waals surface area contributed by atoms with Gasteiger partial charge in [-0.3, -0.25) is 0 Å². The average molecular weight is 1130 g/mol. The third-order valence-electron chi connectivity index (χ3n) is 13.6. The third-order valence-corrected chi connectivity index (χ3v) is 13.6. The molecule has 0 saturated heterocycles. The molecule has 0 radical (unpaired) electrons. The number of anilines is 12. The largest absolute Gasteiger partial charge is 0.416 e. The minimum absolute atomic E-state index is 0.0597. The van der Waals surface area contributed by atoms with Gasteiger partial charge >= 0.3 is 24.7 Å². The molecule has 422 valence electrons. The Balaban J connectivity index is 1.23. The highest BCUT2D eigenvalue weighted by molar-refractivity contribution is 5.86. The van der Waals surface area contributed by atoms with Crippen molar-refractivity contribution in [3.8, 4) is 0 Å². The van der Waals surface area contributed by atoms with Gasteiger partial charge in [-0.2, -0.15) is 52.7 Å². The minimum atomic E-state index is -4.80. The number of halogens is 12. The Kier molecular flexibility index (Phi) is 15.6. The first-order valence-corrected chi connectivity index (χ1v) is 25.8. The Morgan fingerprint density at radius 1 is 0.183 bits per heavy atom. The fourth-order valence-electron chi connectivity index (χ4n) is 10.4. The van der Waals surface area contributed by atoms with Crippen LogP contribution >= 0.6 is 0 Å². The first-order valence-electron chi connectivity index (χ1n) is 25.8. The summed E-state index contributed by atoms with van der Waals surface area (Å²) >= 11 is 0. The third kappa shape index (κ3) is 12.9. The smallest absolute Gasteiger partial charge is 0.310 e. The fourth-order valence-corrected chi connectivity index (χ4v) is 10.4. The molecule has 0 spiro atoms. The highest BCUT2D eigenvalue weighted by Crippen LogP contribution is 2.47. The molecule has 0 atom stereocenters. The second-order valence-corrected chi connectivity index (χ2v) is 20.8. The van der Waals surface area contributed by atoms with Crippen LogP contribution < -0.4 is 19.6 Å². The molecule has 0 aliphatic rings. The summed E-state index contributed by atoms with van der Waals surface area (Å²) in [7, 11) is 0. The van der Waals surface area contributed by atoms with E-state index in [0.29, 0.717) is 50.9 Å². The van der Waals surface area contributed by atoms with E-state index in [-0.39, 0.29) is 39.6 Å². The van der Waals surface area contributed by atoms with E-state index < -0.39 is 47.0 Å². The van der Waals surface area contributed by atoms with Crippen molar-refractivity contribution in [2.24, 2.45) is 0 Å². The molecular weight excluding hydrogens is 1080 g/mol. The van der Waals surface area contributed by atoms with Crippen molar-refractivity contribution in [1.82, 2.24) is 0 Å². The van der Waals surface area contributed by atoms with Crippen LogP contribution in [0.3, 0.4) is 0 Å². The van der Waals surface area contributed by atoms with Gasteiger partial charge in [-0.1, -0.05) is 12.1 Å². The lowest BCUT2D eigenvalue weighted by Gasteiger charge is -2.31. The number of hydrogen-bond acceptors (Lipinski definition) is 4. The molecule has 0 aliphatic heterocycles. The molecule has 9 rings (SSSR count). The lowest BCUT2D eigenvalue weighted by molar-refractivity contribution is -0.138. The standard InChI is InChI=1S/C66H54F12N4/c1-39-21-40(2)28-57(27-39)80(59-31-43(5)23-47(35-59)63(67,68)69)54-15-9-51(10-16-54)79(52-11-17-55(18-12-52)81(58-29-41(3)22-42(4)30-58)60-32-44(6)24-48(36-60)64(70,71)72)53-13-19-56(20-14-53)82(61-33-45(7)25-49(37-61)65(73,74)75)62-34-46(8)26-50(38-62)66(76,77)78/h9-38H,1-8H3. The van der Waals surface area contributed by atoms with Crippen molar-refractivity contribution in [2.45, 2.75) is 80.1 Å². The maximum atomic E-state index is 14.4. The zero-order chi connectivity index (χ0) is 59.4. The molecule has 0 unspecified atom stereocenters. The lowest BCUT2D eigenvalue weighted by Crippen LogP contribution is -2.16. The van der Waals surface area contributed by atoms with Crippen LogP contribution in [0.5, 0.6) is 0 Å². The van der Waals surface area contributed by atoms with Gasteiger partial charge in [0.15, 0.2) is 0 Å². The average Bonchev–Trinajstić information content (AvgIpc) is 3.36. The Hall–Kier alpha value is -8.66. The summed E-state index contributed by atoms with van der Waals surface area (Å²) in [5.74, 6) is 0. The van der Waals surface area contributed by atoms with E-state index in [2.05, 4.69) is 0 Å². The molecule has 82 heavy (non-hydrogen) atoms. The summed E-state index contributed by atoms with van der Waals surface area (Å²) in [6.45, 7) is 13.6. The highest BCUT2D eigenvalue weighted by Gasteiger charge is 2.36. The molecule has 9 aromatic rings. The normalized spacial score (nSPS) is 12.1. The fraction of sp³-hybridized carbons (Fsp3) is 0.182. The van der Waals surface area contributed by atoms with Crippen molar-refractivity contribution in [3.05, 3.63) is 249 Å². The summed E-state index contributed by atoms with van der Waals surface area (Å²) in [5.41, 5.74) is 5.09. The molecule has 0 aromatic heterocycles. The van der Waals surface area contributed by atoms with Gasteiger partial charge in [-0.15, -0.1) is 0 Å². The minimum Gasteiger partial charge on any atom is -0.310 e. The second kappa shape index (κ2) is 22.0. The van der Waals surface area contributed by atoms with Gasteiger partial charge < -0.3 is 19.6 Å². The summed E-state index contributed by atoms with van der Waals surface area (Å²) in [5, 5.41) is 0. The molecule has 16 heteroatoms. The summed E-state index contributed by atoms with van der Waals surface area (Å²) in [4.78, 5) is 6.57. The van der Waals surface area contributed by atoms with Gasteiger partial charge in [0.25, 0.3) is 0 Å². The Morgan fingerprint density at radius 3 is 0.476 bits per heavy atom. The van der Waals surface area contributed by atoms with Crippen LogP contribution in [0.4, 0.5) is 121 Å². The van der Waals surface area contributed by atoms with Gasteiger partial charge in [-0.05, 0) is 270 Å². The van der Waals surface area contributed by atoms with E-state index in [9.17, 15) is 52.7 Å². The van der Waals surface area contributed by atoms with Crippen LogP contribution in [-0.2, 0) is 24.7 Å². The predicted octanol–water partition coefficient (Wildman–Crippen LogP) is 22.1. The molecule has 9 aromatic carbocycles. The first-order chi connectivity index (χ1) is 38.4. The molecule has 0 bridgehead atoms. The van der Waals surface area contributed by atoms with E-state index >= 15 is 0 Å². The van der Waals surface area contributed by atoms with Gasteiger partial charge in [0.1, 0.15) is 0 Å². The summed E-state index contributed by atoms with van der Waals surface area (Å²) in [6, 6.07) is 45.9. The van der Waals surface area contributed by atoms with Crippen molar-refractivity contribution in [3.63, 3.8) is 0 Å². The van der Waals surface area contributed by atoms with Gasteiger partial charge in [0, 0.05) is 68.2 Å². The number of rotatable bonds is 12. The molecule has 4 nitrogen and oxygen atoms in total. The Labute approximate surface area is 467 Å². The topological polar surface area (TPSA) is 13.0 Å². The zero-order valence-electron chi connectivity index (χ0n) is 45.6. The first kappa shape index (κ1) is 58.0. The van der Waals surface area contributed by atoms with Crippen LogP contribution in [0.2, 0.25) is 0 Å². The van der Waals surface area contributed by atoms with E-state index in [0.717, 1.165) is 70.8 Å². The van der Waals surface area contributed by atoms with E-state index in [4.69, 9.17) is 0 Å². The monoisotopic (exact) mass is 1130 g/mol. The van der Waals surface area contributed by atoms with Crippen LogP contribution in [0.25, 0.3) is 0 Å². The van der Waals surface area contributed by atoms with Crippen molar-refractivity contribution in [1.29, 1.82) is 0 Å². The van der Waals surface area contributed by atoms with Gasteiger partial charge in [-0.25, -0.2) is 0 Å². The van der Waals surface area contributed by atoms with Gasteiger partial charge in [0.2, 0.25) is 0 Å². The van der Waals surface area contributed by atoms with Crippen LogP contribution in [-0.4, -0.2) is 0 Å². The molecule has 0 N–H and O–H groups in total. The Morgan fingerprint density at radius 2 is 0.317 bits per heavy atom. The molecule has 0 amide bonds. The lowest BCUT2D eigenvalue weighted by atomic mass is 10.0. The van der Waals surface area contributed by atoms with Crippen molar-refractivity contribution < 1.29 is 52.7 Å². The van der Waals surface area contributed by atoms with Gasteiger partial charge in [0.05, 0.1) is 22.3 Å². The predicted molar refractivity (Wildman–Crippen MR) is 303 cm³/mol. The molecular formula is C66H54F12N4. The van der Waals surface area contributed by atoms with Crippen LogP contribution in [0.15, 0.2) is 182 Å². The number of nitrogens with zero attached hydrogens (tertiary/aromatic N) is 4. The number of aryl methyl sites for hydroxylation is 8. The molecule has 0 heterocycles. The number of benzene rings is 9. The quantitative estimate of drug-likeness (QED) is 0.113. The van der Waals surface area contributed by atoms with Crippen LogP contribution in [0, 0.1) is 55.4 Å². The van der Waals surface area contributed by atoms with Crippen molar-refractivity contribution in [2.75, 3.05) is 19.6 Å². The molecule has 0 aliphatic carbocycles. The zero-order valence-corrected chi connectivity index (χ0v) is 45.6. The molecule has 0 fully saturated rings. The highest BCUT2D eigenvalue weighted by atomic mass is 19.4. The van der Waals surface area contributed by atoms with E-state index in [1.807, 2.05) is 69.0 Å². The number of hydrogen-bond donors (Lipinski definition) is 0. The molecule has 0 saturated carbocycles. The maximum Gasteiger partial charge on any atom is 0.416 e. The summed E-state index contributed by atoms with van der Waals surface area (Å²) < 4.78 is 173. The van der Waals surface area contributed by atoms with E-state index in [1.165, 1.54) is 30.9 Å². The second-order valence-electron chi connectivity index (χ2n) is 20.8. The van der Waals surface area contributed by atoms with E-state index in [1.54, 1.807) is 109 Å². The van der Waals surface area contributed by atoms with Crippen LogP contribution in [0.1, 0.15) is 66.8 Å². The maximum absolute atomic E-state index is 14.4. The summed E-state index contributed by atoms with van der Waals surface area (Å²) in [6.07, 6.45) is -18.9. The number of alkyl halides is 12. The Bertz CT molecular complexity index is 3540.